The summed E-state index contributed by atoms with van der Waals surface area (Å²) in [5.41, 5.74) is 1.28. The highest BCUT2D eigenvalue weighted by Crippen LogP contribution is 2.26. The average molecular weight is 447 g/mol. The van der Waals surface area contributed by atoms with Gasteiger partial charge >= 0.3 is 4.87 Å². The maximum Gasteiger partial charge on any atom is 0.308 e. The van der Waals surface area contributed by atoms with Crippen LogP contribution in [0.3, 0.4) is 0 Å². The van der Waals surface area contributed by atoms with E-state index in [1.807, 2.05) is 13.8 Å². The molecule has 1 amide bonds. The Morgan fingerprint density at radius 1 is 1.07 bits per heavy atom. The minimum atomic E-state index is -3.71. The Balaban J connectivity index is 1.53. The van der Waals surface area contributed by atoms with E-state index in [-0.39, 0.29) is 34.8 Å². The lowest BCUT2D eigenvalue weighted by Crippen LogP contribution is -2.50. The number of sulfonamides is 1. The largest absolute Gasteiger partial charge is 0.336 e. The third-order valence-corrected chi connectivity index (χ3v) is 8.00. The molecule has 3 aromatic rings. The first-order valence-corrected chi connectivity index (χ1v) is 11.9. The molecule has 1 aliphatic rings. The Bertz CT molecular complexity index is 1240. The molecule has 3 heterocycles. The number of aromatic nitrogens is 2. The van der Waals surface area contributed by atoms with E-state index in [1.54, 1.807) is 52.2 Å². The summed E-state index contributed by atoms with van der Waals surface area (Å²) in [5, 5.41) is 0. The summed E-state index contributed by atoms with van der Waals surface area (Å²) in [6.45, 7) is 4.93. The zero-order valence-electron chi connectivity index (χ0n) is 16.7. The van der Waals surface area contributed by atoms with Crippen LogP contribution in [-0.2, 0) is 10.0 Å². The highest BCUT2D eigenvalue weighted by Gasteiger charge is 2.31. The van der Waals surface area contributed by atoms with Gasteiger partial charge in [0.25, 0.3) is 5.91 Å². The summed E-state index contributed by atoms with van der Waals surface area (Å²) in [7, 11) is -3.71. The van der Waals surface area contributed by atoms with Gasteiger partial charge in [0, 0.05) is 50.2 Å². The molecule has 1 saturated heterocycles. The van der Waals surface area contributed by atoms with Crippen LogP contribution in [0.1, 0.15) is 30.2 Å². The molecule has 0 unspecified atom stereocenters. The van der Waals surface area contributed by atoms with Crippen molar-refractivity contribution >= 4 is 37.5 Å². The number of hydrogen-bond acceptors (Lipinski definition) is 6. The van der Waals surface area contributed by atoms with Crippen molar-refractivity contribution < 1.29 is 13.2 Å². The van der Waals surface area contributed by atoms with E-state index < -0.39 is 10.0 Å². The second kappa shape index (κ2) is 7.93. The molecule has 0 atom stereocenters. The lowest BCUT2D eigenvalue weighted by molar-refractivity contribution is 0.0698. The van der Waals surface area contributed by atoms with Crippen LogP contribution in [0, 0.1) is 0 Å². The van der Waals surface area contributed by atoms with Crippen LogP contribution in [0.5, 0.6) is 0 Å². The van der Waals surface area contributed by atoms with Gasteiger partial charge in [-0.15, -0.1) is 0 Å². The summed E-state index contributed by atoms with van der Waals surface area (Å²) in [6, 6.07) is 8.12. The number of nitrogens with zero attached hydrogens (tertiary/aromatic N) is 4. The van der Waals surface area contributed by atoms with Gasteiger partial charge in [0.05, 0.1) is 15.1 Å². The Kier molecular flexibility index (Phi) is 5.48. The van der Waals surface area contributed by atoms with Crippen LogP contribution in [0.15, 0.2) is 52.4 Å². The van der Waals surface area contributed by atoms with Crippen molar-refractivity contribution in [2.24, 2.45) is 0 Å². The van der Waals surface area contributed by atoms with E-state index in [0.29, 0.717) is 23.4 Å². The minimum absolute atomic E-state index is 0.000262. The van der Waals surface area contributed by atoms with Gasteiger partial charge in [0.2, 0.25) is 10.0 Å². The number of piperazine rings is 1. The maximum atomic E-state index is 13.1. The predicted molar refractivity (Wildman–Crippen MR) is 115 cm³/mol. The zero-order chi connectivity index (χ0) is 21.5. The molecule has 2 aromatic heterocycles. The number of rotatable bonds is 4. The number of carbonyl (C=O) groups is 1. The van der Waals surface area contributed by atoms with Crippen LogP contribution < -0.4 is 4.87 Å². The molecule has 4 rings (SSSR count). The second-order valence-corrected chi connectivity index (χ2v) is 10.3. The van der Waals surface area contributed by atoms with E-state index in [4.69, 9.17) is 0 Å². The first kappa shape index (κ1) is 20.7. The number of carbonyl (C=O) groups excluding carboxylic acids is 1. The monoisotopic (exact) mass is 446 g/mol. The number of amides is 1. The van der Waals surface area contributed by atoms with Gasteiger partial charge in [-0.2, -0.15) is 4.31 Å². The molecular weight excluding hydrogens is 424 g/mol. The Morgan fingerprint density at radius 3 is 2.37 bits per heavy atom. The fourth-order valence-corrected chi connectivity index (χ4v) is 6.20. The van der Waals surface area contributed by atoms with Crippen molar-refractivity contribution in [3.05, 3.63) is 58.0 Å². The van der Waals surface area contributed by atoms with E-state index >= 15 is 0 Å². The van der Waals surface area contributed by atoms with E-state index in [9.17, 15) is 18.0 Å². The number of pyridine rings is 1. The smallest absolute Gasteiger partial charge is 0.308 e. The fourth-order valence-electron chi connectivity index (χ4n) is 3.62. The lowest BCUT2D eigenvalue weighted by Gasteiger charge is -2.34. The van der Waals surface area contributed by atoms with Gasteiger partial charge in [-0.3, -0.25) is 19.1 Å². The second-order valence-electron chi connectivity index (χ2n) is 7.39. The van der Waals surface area contributed by atoms with Crippen molar-refractivity contribution in [2.45, 2.75) is 24.8 Å². The summed E-state index contributed by atoms with van der Waals surface area (Å²) < 4.78 is 30.0. The van der Waals surface area contributed by atoms with Gasteiger partial charge in [-0.25, -0.2) is 8.42 Å². The first-order valence-electron chi connectivity index (χ1n) is 9.63. The molecule has 1 aliphatic heterocycles. The van der Waals surface area contributed by atoms with Crippen LogP contribution in [0.25, 0.3) is 10.2 Å². The zero-order valence-corrected chi connectivity index (χ0v) is 18.3. The molecule has 1 fully saturated rings. The van der Waals surface area contributed by atoms with Crippen LogP contribution in [-0.4, -0.2) is 59.3 Å². The van der Waals surface area contributed by atoms with Crippen molar-refractivity contribution in [3.8, 4) is 0 Å². The fraction of sp³-hybridized carbons (Fsp3) is 0.350. The molecule has 0 radical (unpaired) electrons. The lowest BCUT2D eigenvalue weighted by atomic mass is 10.2. The maximum absolute atomic E-state index is 13.1. The Morgan fingerprint density at radius 2 is 1.73 bits per heavy atom. The molecule has 0 bridgehead atoms. The molecular formula is C20H22N4O4S2. The molecule has 0 aliphatic carbocycles. The van der Waals surface area contributed by atoms with Gasteiger partial charge in [-0.05, 0) is 44.2 Å². The molecule has 10 heteroatoms. The number of benzene rings is 1. The molecule has 0 saturated carbocycles. The predicted octanol–water partition coefficient (Wildman–Crippen LogP) is 2.19. The van der Waals surface area contributed by atoms with Crippen molar-refractivity contribution in [3.63, 3.8) is 0 Å². The Labute approximate surface area is 178 Å². The van der Waals surface area contributed by atoms with Gasteiger partial charge in [0.1, 0.15) is 0 Å². The summed E-state index contributed by atoms with van der Waals surface area (Å²) in [6.07, 6.45) is 3.12. The third-order valence-electron chi connectivity index (χ3n) is 5.19. The molecule has 30 heavy (non-hydrogen) atoms. The van der Waals surface area contributed by atoms with E-state index in [1.165, 1.54) is 4.31 Å². The highest BCUT2D eigenvalue weighted by molar-refractivity contribution is 7.89. The molecule has 1 aromatic carbocycles. The quantitative estimate of drug-likeness (QED) is 0.613. The average Bonchev–Trinajstić information content (AvgIpc) is 3.09. The summed E-state index contributed by atoms with van der Waals surface area (Å²) >= 11 is 1.05. The van der Waals surface area contributed by atoms with E-state index in [0.717, 1.165) is 16.9 Å². The third kappa shape index (κ3) is 3.66. The molecule has 8 nitrogen and oxygen atoms in total. The number of hydrogen-bond donors (Lipinski definition) is 0. The molecule has 0 spiro atoms. The molecule has 158 valence electrons. The number of fused-ring (bicyclic) bond motifs is 1. The SMILES string of the molecule is CC(C)n1c(=O)sc2cc(S(=O)(=O)N3CCN(C(=O)c4ccncc4)CC3)ccc21. The van der Waals surface area contributed by atoms with Crippen LogP contribution in [0.4, 0.5) is 0 Å². The summed E-state index contributed by atoms with van der Waals surface area (Å²) in [4.78, 5) is 30.4. The normalized spacial score (nSPS) is 15.8. The van der Waals surface area contributed by atoms with E-state index in [2.05, 4.69) is 4.98 Å². The summed E-state index contributed by atoms with van der Waals surface area (Å²) in [5.74, 6) is -0.129. The van der Waals surface area contributed by atoms with Crippen LogP contribution >= 0.6 is 11.3 Å². The van der Waals surface area contributed by atoms with Gasteiger partial charge in [0.15, 0.2) is 0 Å². The topological polar surface area (TPSA) is 92.6 Å². The van der Waals surface area contributed by atoms with Crippen LogP contribution in [0.2, 0.25) is 0 Å². The highest BCUT2D eigenvalue weighted by atomic mass is 32.2. The van der Waals surface area contributed by atoms with Gasteiger partial charge < -0.3 is 4.90 Å². The van der Waals surface area contributed by atoms with Gasteiger partial charge in [-0.1, -0.05) is 11.3 Å². The van der Waals surface area contributed by atoms with Crippen molar-refractivity contribution in [2.75, 3.05) is 26.2 Å². The molecule has 0 N–H and O–H groups in total. The minimum Gasteiger partial charge on any atom is -0.336 e. The van der Waals surface area contributed by atoms with Crippen molar-refractivity contribution in [1.82, 2.24) is 18.8 Å². The first-order chi connectivity index (χ1) is 14.3. The Hall–Kier alpha value is -2.56. The number of thiazole rings is 1. The van der Waals surface area contributed by atoms with Crippen molar-refractivity contribution in [1.29, 1.82) is 0 Å². The standard InChI is InChI=1S/C20H22N4O4S2/c1-14(2)24-17-4-3-16(13-18(17)29-20(24)26)30(27,28)23-11-9-22(10-12-23)19(25)15-5-7-21-8-6-15/h3-8,13-14H,9-12H2,1-2H3.